The van der Waals surface area contributed by atoms with Gasteiger partial charge in [-0.25, -0.2) is 4.79 Å². The van der Waals surface area contributed by atoms with Crippen molar-refractivity contribution in [2.75, 3.05) is 0 Å². The lowest BCUT2D eigenvalue weighted by Gasteiger charge is -2.18. The molecule has 6 heteroatoms. The Balaban J connectivity index is 1.82. The predicted molar refractivity (Wildman–Crippen MR) is 92.2 cm³/mol. The number of carbonyl (C=O) groups excluding carboxylic acids is 2. The molecule has 0 radical (unpaired) electrons. The van der Waals surface area contributed by atoms with Crippen molar-refractivity contribution in [3.05, 3.63) is 69.7 Å². The number of rotatable bonds is 5. The molecule has 0 aliphatic heterocycles. The van der Waals surface area contributed by atoms with Crippen LogP contribution in [0, 0.1) is 0 Å². The van der Waals surface area contributed by atoms with Crippen LogP contribution in [0.3, 0.4) is 0 Å². The van der Waals surface area contributed by atoms with Crippen molar-refractivity contribution >= 4 is 35.1 Å². The van der Waals surface area contributed by atoms with E-state index in [9.17, 15) is 9.59 Å². The molecule has 1 aliphatic rings. The Bertz CT molecular complexity index is 760. The highest BCUT2D eigenvalue weighted by Gasteiger charge is 2.31. The second kappa shape index (κ2) is 7.24. The highest BCUT2D eigenvalue weighted by molar-refractivity contribution is 6.36. The van der Waals surface area contributed by atoms with Gasteiger partial charge in [-0.3, -0.25) is 4.79 Å². The van der Waals surface area contributed by atoms with E-state index < -0.39 is 12.1 Å². The molecule has 4 nitrogen and oxygen atoms in total. The second-order valence-electron chi connectivity index (χ2n) is 5.60. The van der Waals surface area contributed by atoms with E-state index in [2.05, 4.69) is 5.32 Å². The van der Waals surface area contributed by atoms with Crippen LogP contribution >= 0.6 is 23.2 Å². The summed E-state index contributed by atoms with van der Waals surface area (Å²) in [5.74, 6) is -1.00. The summed E-state index contributed by atoms with van der Waals surface area (Å²) in [6, 6.07) is 13.5. The molecule has 0 heterocycles. The minimum absolute atomic E-state index is 0.168. The number of benzene rings is 2. The van der Waals surface area contributed by atoms with Gasteiger partial charge in [0.15, 0.2) is 0 Å². The van der Waals surface area contributed by atoms with Crippen molar-refractivity contribution in [3.63, 3.8) is 0 Å². The Hall–Kier alpha value is -2.04. The molecule has 24 heavy (non-hydrogen) atoms. The van der Waals surface area contributed by atoms with Crippen LogP contribution in [-0.2, 0) is 9.53 Å². The molecule has 2 aromatic carbocycles. The lowest BCUT2D eigenvalue weighted by Crippen LogP contribution is -2.33. The van der Waals surface area contributed by atoms with E-state index in [1.807, 2.05) is 6.07 Å². The van der Waals surface area contributed by atoms with Crippen molar-refractivity contribution in [1.82, 2.24) is 5.32 Å². The van der Waals surface area contributed by atoms with Gasteiger partial charge < -0.3 is 10.1 Å². The largest absolute Gasteiger partial charge is 0.444 e. The zero-order valence-electron chi connectivity index (χ0n) is 12.7. The first-order valence-electron chi connectivity index (χ1n) is 7.56. The number of hydrogen-bond donors (Lipinski definition) is 1. The van der Waals surface area contributed by atoms with Crippen LogP contribution in [0.4, 0.5) is 0 Å². The Morgan fingerprint density at radius 3 is 2.42 bits per heavy atom. The average Bonchev–Trinajstić information content (AvgIpc) is 3.37. The van der Waals surface area contributed by atoms with Gasteiger partial charge in [-0.05, 0) is 31.0 Å². The fourth-order valence-electron chi connectivity index (χ4n) is 2.23. The lowest BCUT2D eigenvalue weighted by atomic mass is 10.1. The number of carbonyl (C=O) groups is 2. The number of nitrogens with one attached hydrogen (secondary N) is 1. The molecule has 1 aliphatic carbocycles. The molecule has 0 saturated heterocycles. The van der Waals surface area contributed by atoms with E-state index in [1.54, 1.807) is 30.3 Å². The zero-order valence-corrected chi connectivity index (χ0v) is 14.2. The van der Waals surface area contributed by atoms with Gasteiger partial charge in [-0.2, -0.15) is 0 Å². The summed E-state index contributed by atoms with van der Waals surface area (Å²) >= 11 is 11.9. The molecule has 1 amide bonds. The smallest absolute Gasteiger partial charge is 0.340 e. The Kier molecular flexibility index (Phi) is 5.07. The second-order valence-corrected chi connectivity index (χ2v) is 6.45. The minimum Gasteiger partial charge on any atom is -0.444 e. The number of ether oxygens (including phenoxy) is 1. The first-order chi connectivity index (χ1) is 11.5. The fourth-order valence-corrected chi connectivity index (χ4v) is 2.72. The van der Waals surface area contributed by atoms with Crippen LogP contribution in [-0.4, -0.2) is 17.9 Å². The van der Waals surface area contributed by atoms with Crippen LogP contribution in [0.5, 0.6) is 0 Å². The fraction of sp³-hybridized carbons (Fsp3) is 0.222. The number of amides is 1. The van der Waals surface area contributed by atoms with Crippen molar-refractivity contribution in [3.8, 4) is 0 Å². The molecule has 0 spiro atoms. The lowest BCUT2D eigenvalue weighted by molar-refractivity contribution is -0.130. The van der Waals surface area contributed by atoms with Gasteiger partial charge >= 0.3 is 5.97 Å². The molecule has 1 saturated carbocycles. The van der Waals surface area contributed by atoms with E-state index >= 15 is 0 Å². The highest BCUT2D eigenvalue weighted by Crippen LogP contribution is 2.26. The average molecular weight is 364 g/mol. The van der Waals surface area contributed by atoms with Gasteiger partial charge in [-0.15, -0.1) is 0 Å². The molecular weight excluding hydrogens is 349 g/mol. The van der Waals surface area contributed by atoms with Gasteiger partial charge in [0.05, 0.1) is 10.6 Å². The van der Waals surface area contributed by atoms with Crippen LogP contribution in [0.25, 0.3) is 0 Å². The van der Waals surface area contributed by atoms with Crippen LogP contribution < -0.4 is 5.32 Å². The summed E-state index contributed by atoms with van der Waals surface area (Å²) in [5.41, 5.74) is 0.773. The molecule has 2 aromatic rings. The predicted octanol–water partition coefficient (Wildman–Crippen LogP) is 4.17. The topological polar surface area (TPSA) is 55.4 Å². The highest BCUT2D eigenvalue weighted by atomic mass is 35.5. The van der Waals surface area contributed by atoms with Gasteiger partial charge in [0.2, 0.25) is 6.10 Å². The van der Waals surface area contributed by atoms with E-state index in [0.29, 0.717) is 10.6 Å². The zero-order chi connectivity index (χ0) is 17.1. The Morgan fingerprint density at radius 1 is 1.08 bits per heavy atom. The van der Waals surface area contributed by atoms with E-state index in [4.69, 9.17) is 27.9 Å². The third kappa shape index (κ3) is 4.08. The maximum Gasteiger partial charge on any atom is 0.340 e. The molecule has 1 fully saturated rings. The third-order valence-electron chi connectivity index (χ3n) is 3.64. The Morgan fingerprint density at radius 2 is 1.79 bits per heavy atom. The summed E-state index contributed by atoms with van der Waals surface area (Å²) in [4.78, 5) is 24.9. The van der Waals surface area contributed by atoms with Gasteiger partial charge in [0, 0.05) is 16.6 Å². The van der Waals surface area contributed by atoms with E-state index in [0.717, 1.165) is 12.8 Å². The van der Waals surface area contributed by atoms with Crippen molar-refractivity contribution < 1.29 is 14.3 Å². The quantitative estimate of drug-likeness (QED) is 0.811. The molecular formula is C18H15Cl2NO3. The number of hydrogen-bond acceptors (Lipinski definition) is 3. The Labute approximate surface area is 149 Å². The third-order valence-corrected chi connectivity index (χ3v) is 4.19. The van der Waals surface area contributed by atoms with Gasteiger partial charge in [0.1, 0.15) is 0 Å². The summed E-state index contributed by atoms with van der Waals surface area (Å²) in [7, 11) is 0. The minimum atomic E-state index is -1.02. The summed E-state index contributed by atoms with van der Waals surface area (Å²) in [5, 5.41) is 3.46. The molecule has 0 bridgehead atoms. The monoisotopic (exact) mass is 363 g/mol. The standard InChI is InChI=1S/C18H15Cl2NO3/c19-12-6-9-14(15(20)10-12)18(23)24-16(11-4-2-1-3-5-11)17(22)21-13-7-8-13/h1-6,9-10,13,16H,7-8H2,(H,21,22)/t16-/m1/s1. The van der Waals surface area contributed by atoms with Crippen molar-refractivity contribution in [1.29, 1.82) is 0 Å². The first kappa shape index (κ1) is 16.8. The SMILES string of the molecule is O=C(O[C@@H](C(=O)NC1CC1)c1ccccc1)c1ccc(Cl)cc1Cl. The molecule has 1 N–H and O–H groups in total. The summed E-state index contributed by atoms with van der Waals surface area (Å²) < 4.78 is 5.46. The molecule has 3 rings (SSSR count). The van der Waals surface area contributed by atoms with Crippen molar-refractivity contribution in [2.45, 2.75) is 25.0 Å². The van der Waals surface area contributed by atoms with Gasteiger partial charge in [0.25, 0.3) is 5.91 Å². The summed E-state index contributed by atoms with van der Waals surface area (Å²) in [6.07, 6.45) is 0.875. The molecule has 0 aromatic heterocycles. The molecule has 1 atom stereocenters. The number of halogens is 2. The first-order valence-corrected chi connectivity index (χ1v) is 8.31. The maximum atomic E-state index is 12.5. The van der Waals surface area contributed by atoms with Crippen LogP contribution in [0.15, 0.2) is 48.5 Å². The number of esters is 1. The molecule has 124 valence electrons. The maximum absolute atomic E-state index is 12.5. The van der Waals surface area contributed by atoms with Crippen LogP contribution in [0.2, 0.25) is 10.0 Å². The van der Waals surface area contributed by atoms with E-state index in [-0.39, 0.29) is 22.5 Å². The molecule has 0 unspecified atom stereocenters. The van der Waals surface area contributed by atoms with Gasteiger partial charge in [-0.1, -0.05) is 53.5 Å². The summed E-state index contributed by atoms with van der Waals surface area (Å²) in [6.45, 7) is 0. The van der Waals surface area contributed by atoms with Crippen molar-refractivity contribution in [2.24, 2.45) is 0 Å². The van der Waals surface area contributed by atoms with E-state index in [1.165, 1.54) is 12.1 Å². The normalized spacial score (nSPS) is 14.8. The van der Waals surface area contributed by atoms with Crippen LogP contribution in [0.1, 0.15) is 34.9 Å².